The predicted molar refractivity (Wildman–Crippen MR) is 62.2 cm³/mol. The van der Waals surface area contributed by atoms with E-state index in [2.05, 4.69) is 0 Å². The third-order valence-electron chi connectivity index (χ3n) is 3.09. The summed E-state index contributed by atoms with van der Waals surface area (Å²) in [5.74, 6) is 0.0181. The molecule has 16 heavy (non-hydrogen) atoms. The van der Waals surface area contributed by atoms with Gasteiger partial charge in [0.25, 0.3) is 0 Å². The Morgan fingerprint density at radius 3 is 2.44 bits per heavy atom. The van der Waals surface area contributed by atoms with Gasteiger partial charge in [-0.2, -0.15) is 0 Å². The molecule has 1 amide bonds. The van der Waals surface area contributed by atoms with Crippen molar-refractivity contribution in [3.63, 3.8) is 0 Å². The number of Topliss-reactive ketones (excluding diaryl/α,β-unsaturated/α-hetero) is 1. The van der Waals surface area contributed by atoms with Gasteiger partial charge in [-0.1, -0.05) is 18.2 Å². The van der Waals surface area contributed by atoms with Crippen LogP contribution >= 0.6 is 0 Å². The van der Waals surface area contributed by atoms with E-state index in [1.54, 1.807) is 4.90 Å². The molecule has 0 saturated carbocycles. The molecule has 0 unspecified atom stereocenters. The Morgan fingerprint density at radius 2 is 1.94 bits per heavy atom. The lowest BCUT2D eigenvalue weighted by molar-refractivity contribution is -0.133. The molecule has 0 aromatic heterocycles. The molecule has 3 heteroatoms. The molecule has 1 aromatic carbocycles. The number of amides is 1. The molecule has 2 rings (SSSR count). The number of anilines is 1. The first-order chi connectivity index (χ1) is 7.61. The van der Waals surface area contributed by atoms with E-state index in [0.717, 1.165) is 5.69 Å². The van der Waals surface area contributed by atoms with Crippen molar-refractivity contribution in [2.45, 2.75) is 26.3 Å². The van der Waals surface area contributed by atoms with Crippen molar-refractivity contribution < 1.29 is 9.59 Å². The maximum absolute atomic E-state index is 11.9. The van der Waals surface area contributed by atoms with Crippen LogP contribution in [-0.4, -0.2) is 17.7 Å². The molecule has 84 valence electrons. The Balaban J connectivity index is 2.12. The smallest absolute Gasteiger partial charge is 0.232 e. The van der Waals surface area contributed by atoms with Crippen LogP contribution in [0.3, 0.4) is 0 Å². The van der Waals surface area contributed by atoms with Crippen molar-refractivity contribution in [2.75, 3.05) is 4.90 Å². The number of benzene rings is 1. The van der Waals surface area contributed by atoms with E-state index in [-0.39, 0.29) is 23.7 Å². The number of ketones is 1. The van der Waals surface area contributed by atoms with Crippen LogP contribution in [-0.2, 0) is 9.59 Å². The number of β-lactam (4-membered cyclic amide) rings is 1. The summed E-state index contributed by atoms with van der Waals surface area (Å²) in [6.07, 6.45) is 0.364. The fourth-order valence-electron chi connectivity index (χ4n) is 2.20. The molecule has 1 fully saturated rings. The monoisotopic (exact) mass is 217 g/mol. The van der Waals surface area contributed by atoms with Crippen LogP contribution in [0.4, 0.5) is 5.69 Å². The maximum atomic E-state index is 11.9. The summed E-state index contributed by atoms with van der Waals surface area (Å²) in [6.45, 7) is 3.52. The average molecular weight is 217 g/mol. The minimum absolute atomic E-state index is 0.0638. The van der Waals surface area contributed by atoms with Crippen molar-refractivity contribution in [3.8, 4) is 0 Å². The third-order valence-corrected chi connectivity index (χ3v) is 3.09. The molecule has 0 spiro atoms. The third kappa shape index (κ3) is 1.73. The van der Waals surface area contributed by atoms with E-state index in [4.69, 9.17) is 0 Å². The van der Waals surface area contributed by atoms with Gasteiger partial charge in [-0.05, 0) is 26.0 Å². The SMILES string of the molecule is CC(=O)C[C@@H]1C(=O)N(c2ccccc2)[C@@H]1C. The standard InChI is InChI=1S/C13H15NO2/c1-9(15)8-12-10(2)14(13(12)16)11-6-4-3-5-7-11/h3-7,10,12H,8H2,1-2H3/t10-,12+/m1/s1. The number of para-hydroxylation sites is 1. The minimum Gasteiger partial charge on any atom is -0.309 e. The fourth-order valence-corrected chi connectivity index (χ4v) is 2.20. The van der Waals surface area contributed by atoms with Gasteiger partial charge in [0.2, 0.25) is 5.91 Å². The highest BCUT2D eigenvalue weighted by atomic mass is 16.2. The molecule has 1 saturated heterocycles. The lowest BCUT2D eigenvalue weighted by Gasteiger charge is -2.45. The Bertz CT molecular complexity index is 413. The molecule has 0 N–H and O–H groups in total. The van der Waals surface area contributed by atoms with Gasteiger partial charge in [0.1, 0.15) is 5.78 Å². The number of rotatable bonds is 3. The average Bonchev–Trinajstić information content (AvgIpc) is 2.28. The van der Waals surface area contributed by atoms with Crippen LogP contribution in [0, 0.1) is 5.92 Å². The Hall–Kier alpha value is -1.64. The summed E-state index contributed by atoms with van der Waals surface area (Å²) < 4.78 is 0. The highest BCUT2D eigenvalue weighted by Crippen LogP contribution is 2.34. The Morgan fingerprint density at radius 1 is 1.31 bits per heavy atom. The van der Waals surface area contributed by atoms with Gasteiger partial charge in [0.15, 0.2) is 0 Å². The van der Waals surface area contributed by atoms with Crippen LogP contribution in [0.1, 0.15) is 20.3 Å². The van der Waals surface area contributed by atoms with Crippen molar-refractivity contribution >= 4 is 17.4 Å². The fraction of sp³-hybridized carbons (Fsp3) is 0.385. The van der Waals surface area contributed by atoms with Crippen molar-refractivity contribution in [1.29, 1.82) is 0 Å². The maximum Gasteiger partial charge on any atom is 0.232 e. The molecule has 1 aliphatic rings. The Kier molecular flexibility index (Phi) is 2.77. The lowest BCUT2D eigenvalue weighted by atomic mass is 9.84. The topological polar surface area (TPSA) is 37.4 Å². The molecule has 2 atom stereocenters. The van der Waals surface area contributed by atoms with Crippen LogP contribution in [0.5, 0.6) is 0 Å². The Labute approximate surface area is 95.1 Å². The van der Waals surface area contributed by atoms with E-state index < -0.39 is 0 Å². The number of nitrogens with zero attached hydrogens (tertiary/aromatic N) is 1. The zero-order valence-electron chi connectivity index (χ0n) is 9.51. The molecule has 0 bridgehead atoms. The van der Waals surface area contributed by atoms with Crippen LogP contribution in [0.15, 0.2) is 30.3 Å². The largest absolute Gasteiger partial charge is 0.309 e. The predicted octanol–water partition coefficient (Wildman–Crippen LogP) is 2.02. The van der Waals surface area contributed by atoms with E-state index in [0.29, 0.717) is 6.42 Å². The van der Waals surface area contributed by atoms with E-state index in [9.17, 15) is 9.59 Å². The van der Waals surface area contributed by atoms with Gasteiger partial charge >= 0.3 is 0 Å². The second-order valence-electron chi connectivity index (χ2n) is 4.30. The first-order valence-corrected chi connectivity index (χ1v) is 5.49. The second-order valence-corrected chi connectivity index (χ2v) is 4.30. The van der Waals surface area contributed by atoms with Crippen LogP contribution in [0.2, 0.25) is 0 Å². The van der Waals surface area contributed by atoms with Crippen molar-refractivity contribution in [1.82, 2.24) is 0 Å². The molecule has 1 aliphatic heterocycles. The van der Waals surface area contributed by atoms with Gasteiger partial charge in [0, 0.05) is 18.2 Å². The molecule has 1 heterocycles. The zero-order valence-corrected chi connectivity index (χ0v) is 9.51. The number of carbonyl (C=O) groups is 2. The van der Waals surface area contributed by atoms with Crippen LogP contribution in [0.25, 0.3) is 0 Å². The van der Waals surface area contributed by atoms with Crippen molar-refractivity contribution in [3.05, 3.63) is 30.3 Å². The van der Waals surface area contributed by atoms with Gasteiger partial charge in [0.05, 0.1) is 5.92 Å². The highest BCUT2D eigenvalue weighted by Gasteiger charge is 2.45. The normalized spacial score (nSPS) is 24.1. The van der Waals surface area contributed by atoms with E-state index >= 15 is 0 Å². The van der Waals surface area contributed by atoms with Gasteiger partial charge in [-0.25, -0.2) is 0 Å². The lowest BCUT2D eigenvalue weighted by Crippen LogP contribution is -2.60. The zero-order chi connectivity index (χ0) is 11.7. The molecule has 1 aromatic rings. The molecular formula is C13H15NO2. The van der Waals surface area contributed by atoms with Gasteiger partial charge in [-0.15, -0.1) is 0 Å². The number of hydrogen-bond acceptors (Lipinski definition) is 2. The van der Waals surface area contributed by atoms with Crippen molar-refractivity contribution in [2.24, 2.45) is 5.92 Å². The molecule has 0 aliphatic carbocycles. The highest BCUT2D eigenvalue weighted by molar-refractivity contribution is 6.04. The molecule has 0 radical (unpaired) electrons. The first kappa shape index (κ1) is 10.9. The summed E-state index contributed by atoms with van der Waals surface area (Å²) in [6, 6.07) is 9.70. The summed E-state index contributed by atoms with van der Waals surface area (Å²) >= 11 is 0. The van der Waals surface area contributed by atoms with Gasteiger partial charge in [-0.3, -0.25) is 4.79 Å². The summed E-state index contributed by atoms with van der Waals surface area (Å²) in [5.41, 5.74) is 0.916. The molecular weight excluding hydrogens is 202 g/mol. The van der Waals surface area contributed by atoms with Crippen LogP contribution < -0.4 is 4.90 Å². The first-order valence-electron chi connectivity index (χ1n) is 5.49. The molecule has 3 nitrogen and oxygen atoms in total. The van der Waals surface area contributed by atoms with E-state index in [1.807, 2.05) is 37.3 Å². The minimum atomic E-state index is -0.127. The van der Waals surface area contributed by atoms with Gasteiger partial charge < -0.3 is 9.69 Å². The summed E-state index contributed by atoms with van der Waals surface area (Å²) in [5, 5.41) is 0. The quantitative estimate of drug-likeness (QED) is 0.726. The second kappa shape index (κ2) is 4.08. The summed E-state index contributed by atoms with van der Waals surface area (Å²) in [4.78, 5) is 24.6. The summed E-state index contributed by atoms with van der Waals surface area (Å²) in [7, 11) is 0. The van der Waals surface area contributed by atoms with E-state index in [1.165, 1.54) is 6.92 Å². The number of carbonyl (C=O) groups excluding carboxylic acids is 2. The number of hydrogen-bond donors (Lipinski definition) is 0.